The van der Waals surface area contributed by atoms with Gasteiger partial charge in [0.1, 0.15) is 11.6 Å². The third-order valence-corrected chi connectivity index (χ3v) is 4.14. The van der Waals surface area contributed by atoms with Crippen molar-refractivity contribution in [3.8, 4) is 5.75 Å². The van der Waals surface area contributed by atoms with Crippen LogP contribution in [0.4, 0.5) is 4.39 Å². The van der Waals surface area contributed by atoms with Crippen LogP contribution in [-0.2, 0) is 4.79 Å². The number of amides is 1. The van der Waals surface area contributed by atoms with Crippen LogP contribution in [0.15, 0.2) is 24.3 Å². The topological polar surface area (TPSA) is 41.6 Å². The summed E-state index contributed by atoms with van der Waals surface area (Å²) in [6.45, 7) is 4.13. The van der Waals surface area contributed by atoms with Crippen LogP contribution in [0.5, 0.6) is 5.75 Å². The number of carbonyl (C=O) groups is 1. The largest absolute Gasteiger partial charge is 0.493 e. The smallest absolute Gasteiger partial charge is 0.226 e. The molecular formula is C15H20ClFN2O2. The number of likely N-dealkylation sites (tertiary alicyclic amines) is 1. The Morgan fingerprint density at radius 3 is 2.48 bits per heavy atom. The van der Waals surface area contributed by atoms with Crippen molar-refractivity contribution in [2.24, 2.45) is 11.8 Å². The van der Waals surface area contributed by atoms with Gasteiger partial charge in [0, 0.05) is 26.2 Å². The maximum absolute atomic E-state index is 12.7. The van der Waals surface area contributed by atoms with Crippen molar-refractivity contribution in [3.63, 3.8) is 0 Å². The van der Waals surface area contributed by atoms with Crippen LogP contribution in [0.2, 0.25) is 0 Å². The molecule has 2 fully saturated rings. The van der Waals surface area contributed by atoms with Gasteiger partial charge in [0.05, 0.1) is 13.0 Å². The quantitative estimate of drug-likeness (QED) is 0.919. The van der Waals surface area contributed by atoms with Gasteiger partial charge in [-0.1, -0.05) is 0 Å². The molecular weight excluding hydrogens is 295 g/mol. The molecule has 21 heavy (non-hydrogen) atoms. The van der Waals surface area contributed by atoms with Crippen molar-refractivity contribution < 1.29 is 13.9 Å². The first kappa shape index (κ1) is 16.0. The van der Waals surface area contributed by atoms with Crippen molar-refractivity contribution >= 4 is 18.3 Å². The van der Waals surface area contributed by atoms with E-state index in [1.807, 2.05) is 4.90 Å². The van der Waals surface area contributed by atoms with E-state index in [2.05, 4.69) is 5.32 Å². The summed E-state index contributed by atoms with van der Waals surface area (Å²) >= 11 is 0. The Hall–Kier alpha value is -1.33. The normalized spacial score (nSPS) is 23.6. The lowest BCUT2D eigenvalue weighted by Gasteiger charge is -2.17. The second-order valence-electron chi connectivity index (χ2n) is 5.53. The fraction of sp³-hybridized carbons (Fsp3) is 0.533. The Labute approximate surface area is 130 Å². The number of hydrogen-bond acceptors (Lipinski definition) is 3. The number of halogens is 2. The van der Waals surface area contributed by atoms with Crippen LogP contribution in [-0.4, -0.2) is 43.6 Å². The Morgan fingerprint density at radius 1 is 1.24 bits per heavy atom. The lowest BCUT2D eigenvalue weighted by Crippen LogP contribution is -2.32. The molecule has 116 valence electrons. The van der Waals surface area contributed by atoms with Gasteiger partial charge in [-0.3, -0.25) is 4.79 Å². The lowest BCUT2D eigenvalue weighted by molar-refractivity contribution is -0.130. The Morgan fingerprint density at radius 2 is 1.86 bits per heavy atom. The zero-order valence-electron chi connectivity index (χ0n) is 11.8. The van der Waals surface area contributed by atoms with E-state index in [9.17, 15) is 9.18 Å². The number of carbonyl (C=O) groups excluding carboxylic acids is 1. The number of nitrogens with zero attached hydrogens (tertiary/aromatic N) is 1. The molecule has 1 aromatic rings. The highest BCUT2D eigenvalue weighted by molar-refractivity contribution is 5.85. The van der Waals surface area contributed by atoms with Crippen LogP contribution >= 0.6 is 12.4 Å². The van der Waals surface area contributed by atoms with Gasteiger partial charge in [-0.15, -0.1) is 12.4 Å². The average Bonchev–Trinajstić information content (AvgIpc) is 3.02. The minimum atomic E-state index is -0.286. The number of rotatable bonds is 4. The van der Waals surface area contributed by atoms with Gasteiger partial charge in [-0.05, 0) is 36.1 Å². The summed E-state index contributed by atoms with van der Waals surface area (Å²) in [5.74, 6) is 1.71. The SMILES string of the molecule is Cl.O=C(CCOc1ccc(F)cc1)N1C[C@H]2CNC[C@H]2C1. The molecule has 4 nitrogen and oxygen atoms in total. The van der Waals surface area contributed by atoms with E-state index in [1.165, 1.54) is 12.1 Å². The summed E-state index contributed by atoms with van der Waals surface area (Å²) in [5, 5.41) is 3.36. The molecule has 0 bridgehead atoms. The molecule has 0 radical (unpaired) electrons. The van der Waals surface area contributed by atoms with Gasteiger partial charge in [-0.25, -0.2) is 4.39 Å². The highest BCUT2D eigenvalue weighted by atomic mass is 35.5. The maximum Gasteiger partial charge on any atom is 0.226 e. The summed E-state index contributed by atoms with van der Waals surface area (Å²) in [6.07, 6.45) is 0.379. The third-order valence-electron chi connectivity index (χ3n) is 4.14. The molecule has 2 heterocycles. The van der Waals surface area contributed by atoms with E-state index in [0.717, 1.165) is 26.2 Å². The molecule has 1 amide bonds. The van der Waals surface area contributed by atoms with Crippen molar-refractivity contribution in [1.29, 1.82) is 0 Å². The number of benzene rings is 1. The van der Waals surface area contributed by atoms with Crippen molar-refractivity contribution in [3.05, 3.63) is 30.1 Å². The number of nitrogens with one attached hydrogen (secondary N) is 1. The minimum absolute atomic E-state index is 0. The molecule has 1 N–H and O–H groups in total. The first-order valence-electron chi connectivity index (χ1n) is 7.09. The second-order valence-corrected chi connectivity index (χ2v) is 5.53. The maximum atomic E-state index is 12.7. The van der Waals surface area contributed by atoms with Gasteiger partial charge in [-0.2, -0.15) is 0 Å². The monoisotopic (exact) mass is 314 g/mol. The van der Waals surface area contributed by atoms with Gasteiger partial charge < -0.3 is 15.0 Å². The minimum Gasteiger partial charge on any atom is -0.493 e. The van der Waals surface area contributed by atoms with E-state index < -0.39 is 0 Å². The van der Waals surface area contributed by atoms with Crippen molar-refractivity contribution in [1.82, 2.24) is 10.2 Å². The molecule has 0 saturated carbocycles. The van der Waals surface area contributed by atoms with Crippen LogP contribution in [0.25, 0.3) is 0 Å². The molecule has 0 aromatic heterocycles. The Kier molecular flexibility index (Phi) is 5.42. The molecule has 0 spiro atoms. The van der Waals surface area contributed by atoms with Crippen molar-refractivity contribution in [2.45, 2.75) is 6.42 Å². The van der Waals surface area contributed by atoms with Crippen LogP contribution < -0.4 is 10.1 Å². The summed E-state index contributed by atoms with van der Waals surface area (Å²) in [5.41, 5.74) is 0. The van der Waals surface area contributed by atoms with Crippen LogP contribution in [0, 0.1) is 17.7 Å². The zero-order valence-corrected chi connectivity index (χ0v) is 12.6. The molecule has 2 aliphatic heterocycles. The van der Waals surface area contributed by atoms with E-state index >= 15 is 0 Å². The molecule has 1 aromatic carbocycles. The third kappa shape index (κ3) is 3.86. The summed E-state index contributed by atoms with van der Waals surface area (Å²) in [7, 11) is 0. The van der Waals surface area contributed by atoms with Crippen LogP contribution in [0.1, 0.15) is 6.42 Å². The predicted molar refractivity (Wildman–Crippen MR) is 80.2 cm³/mol. The fourth-order valence-electron chi connectivity index (χ4n) is 3.00. The fourth-order valence-corrected chi connectivity index (χ4v) is 3.00. The zero-order chi connectivity index (χ0) is 13.9. The van der Waals surface area contributed by atoms with E-state index in [0.29, 0.717) is 30.6 Å². The Balaban J connectivity index is 0.00000161. The standard InChI is InChI=1S/C15H19FN2O2.ClH/c16-13-1-3-14(4-2-13)20-6-5-15(19)18-9-11-7-17-8-12(11)10-18;/h1-4,11-12,17H,5-10H2;1H/t11-,12+;. The predicted octanol–water partition coefficient (Wildman–Crippen LogP) is 1.69. The first-order chi connectivity index (χ1) is 9.72. The van der Waals surface area contributed by atoms with Gasteiger partial charge in [0.25, 0.3) is 0 Å². The second kappa shape index (κ2) is 7.09. The summed E-state index contributed by atoms with van der Waals surface area (Å²) in [4.78, 5) is 14.0. The number of hydrogen-bond donors (Lipinski definition) is 1. The highest BCUT2D eigenvalue weighted by Crippen LogP contribution is 2.26. The number of fused-ring (bicyclic) bond motifs is 1. The summed E-state index contributed by atoms with van der Waals surface area (Å²) in [6, 6.07) is 5.86. The van der Waals surface area contributed by atoms with Crippen molar-refractivity contribution in [2.75, 3.05) is 32.8 Å². The lowest BCUT2D eigenvalue weighted by atomic mass is 10.0. The van der Waals surface area contributed by atoms with E-state index in [-0.39, 0.29) is 24.1 Å². The summed E-state index contributed by atoms with van der Waals surface area (Å²) < 4.78 is 18.2. The Bertz CT molecular complexity index is 471. The van der Waals surface area contributed by atoms with Gasteiger partial charge in [0.2, 0.25) is 5.91 Å². The first-order valence-corrected chi connectivity index (χ1v) is 7.09. The molecule has 6 heteroatoms. The van der Waals surface area contributed by atoms with E-state index in [1.54, 1.807) is 12.1 Å². The highest BCUT2D eigenvalue weighted by Gasteiger charge is 2.37. The average molecular weight is 315 g/mol. The molecule has 3 rings (SSSR count). The van der Waals surface area contributed by atoms with Gasteiger partial charge >= 0.3 is 0 Å². The molecule has 0 aliphatic carbocycles. The van der Waals surface area contributed by atoms with Gasteiger partial charge in [0.15, 0.2) is 0 Å². The molecule has 2 atom stereocenters. The van der Waals surface area contributed by atoms with E-state index in [4.69, 9.17) is 4.74 Å². The molecule has 0 unspecified atom stereocenters. The molecule has 2 saturated heterocycles. The number of ether oxygens (including phenoxy) is 1. The molecule has 2 aliphatic rings. The van der Waals surface area contributed by atoms with Crippen LogP contribution in [0.3, 0.4) is 0 Å².